The standard InChI is InChI=1S/C14H16FN3O2/c1-14(2,3)20-13(19)11-12(16)18(8-17-11)10-7-5-4-6-9(10)15/h4-8H,16H2,1-3H3. The van der Waals surface area contributed by atoms with Crippen LogP contribution in [0.4, 0.5) is 10.2 Å². The lowest BCUT2D eigenvalue weighted by Crippen LogP contribution is -2.24. The van der Waals surface area contributed by atoms with Gasteiger partial charge >= 0.3 is 5.97 Å². The Kier molecular flexibility index (Phi) is 3.48. The van der Waals surface area contributed by atoms with Gasteiger partial charge in [0, 0.05) is 0 Å². The van der Waals surface area contributed by atoms with E-state index >= 15 is 0 Å². The van der Waals surface area contributed by atoms with E-state index in [2.05, 4.69) is 4.98 Å². The van der Waals surface area contributed by atoms with Crippen molar-refractivity contribution in [2.75, 3.05) is 5.73 Å². The quantitative estimate of drug-likeness (QED) is 0.856. The van der Waals surface area contributed by atoms with Crippen LogP contribution in [0.1, 0.15) is 31.3 Å². The Labute approximate surface area is 116 Å². The molecule has 1 heterocycles. The summed E-state index contributed by atoms with van der Waals surface area (Å²) in [5.41, 5.74) is 5.41. The minimum atomic E-state index is -0.648. The van der Waals surface area contributed by atoms with Crippen molar-refractivity contribution < 1.29 is 13.9 Å². The maximum Gasteiger partial charge on any atom is 0.361 e. The van der Waals surface area contributed by atoms with E-state index < -0.39 is 17.4 Å². The van der Waals surface area contributed by atoms with Gasteiger partial charge in [0.15, 0.2) is 5.69 Å². The summed E-state index contributed by atoms with van der Waals surface area (Å²) < 4.78 is 20.2. The second-order valence-corrected chi connectivity index (χ2v) is 5.30. The van der Waals surface area contributed by atoms with Crippen molar-refractivity contribution in [3.63, 3.8) is 0 Å². The molecule has 0 unspecified atom stereocenters. The lowest BCUT2D eigenvalue weighted by molar-refractivity contribution is 0.00647. The number of nitrogens with two attached hydrogens (primary N) is 1. The number of esters is 1. The third kappa shape index (κ3) is 2.79. The monoisotopic (exact) mass is 277 g/mol. The molecule has 1 aromatic carbocycles. The highest BCUT2D eigenvalue weighted by atomic mass is 19.1. The first-order valence-electron chi connectivity index (χ1n) is 6.10. The fourth-order valence-corrected chi connectivity index (χ4v) is 1.68. The molecule has 0 bridgehead atoms. The van der Waals surface area contributed by atoms with Crippen LogP contribution in [0.15, 0.2) is 30.6 Å². The average molecular weight is 277 g/mol. The van der Waals surface area contributed by atoms with Crippen molar-refractivity contribution in [1.29, 1.82) is 0 Å². The Morgan fingerprint density at radius 2 is 2.00 bits per heavy atom. The maximum atomic E-state index is 13.7. The number of carbonyl (C=O) groups excluding carboxylic acids is 1. The zero-order chi connectivity index (χ0) is 14.9. The van der Waals surface area contributed by atoms with Gasteiger partial charge in [-0.25, -0.2) is 14.2 Å². The smallest absolute Gasteiger partial charge is 0.361 e. The van der Waals surface area contributed by atoms with Crippen LogP contribution in [0.3, 0.4) is 0 Å². The predicted molar refractivity (Wildman–Crippen MR) is 73.1 cm³/mol. The third-order valence-corrected chi connectivity index (χ3v) is 2.51. The van der Waals surface area contributed by atoms with Gasteiger partial charge in [0.25, 0.3) is 0 Å². The normalized spacial score (nSPS) is 11.4. The van der Waals surface area contributed by atoms with E-state index in [1.54, 1.807) is 39.0 Å². The summed E-state index contributed by atoms with van der Waals surface area (Å²) in [5.74, 6) is -1.04. The summed E-state index contributed by atoms with van der Waals surface area (Å²) >= 11 is 0. The highest BCUT2D eigenvalue weighted by molar-refractivity contribution is 5.92. The van der Waals surface area contributed by atoms with Crippen molar-refractivity contribution in [3.8, 4) is 5.69 Å². The molecule has 5 nitrogen and oxygen atoms in total. The largest absolute Gasteiger partial charge is 0.455 e. The van der Waals surface area contributed by atoms with Crippen LogP contribution in [-0.4, -0.2) is 21.1 Å². The van der Waals surface area contributed by atoms with Crippen LogP contribution in [0.5, 0.6) is 0 Å². The molecule has 2 rings (SSSR count). The second kappa shape index (κ2) is 4.96. The van der Waals surface area contributed by atoms with Crippen LogP contribution >= 0.6 is 0 Å². The molecule has 0 atom stereocenters. The van der Waals surface area contributed by atoms with E-state index in [9.17, 15) is 9.18 Å². The molecule has 6 heteroatoms. The number of rotatable bonds is 2. The summed E-state index contributed by atoms with van der Waals surface area (Å²) in [5, 5.41) is 0. The molecule has 2 aromatic rings. The van der Waals surface area contributed by atoms with Crippen molar-refractivity contribution in [3.05, 3.63) is 42.1 Å². The van der Waals surface area contributed by atoms with E-state index in [4.69, 9.17) is 10.5 Å². The summed E-state index contributed by atoms with van der Waals surface area (Å²) in [6, 6.07) is 6.10. The summed E-state index contributed by atoms with van der Waals surface area (Å²) in [6.45, 7) is 5.23. The molecule has 0 saturated carbocycles. The number of hydrogen-bond acceptors (Lipinski definition) is 4. The molecule has 0 aliphatic carbocycles. The number of nitrogens with zero attached hydrogens (tertiary/aromatic N) is 2. The third-order valence-electron chi connectivity index (χ3n) is 2.51. The van der Waals surface area contributed by atoms with E-state index in [-0.39, 0.29) is 17.2 Å². The molecule has 2 N–H and O–H groups in total. The molecule has 1 aromatic heterocycles. The number of aromatic nitrogens is 2. The number of halogens is 1. The highest BCUT2D eigenvalue weighted by Gasteiger charge is 2.23. The zero-order valence-corrected chi connectivity index (χ0v) is 11.6. The maximum absolute atomic E-state index is 13.7. The minimum absolute atomic E-state index is 0.0248. The van der Waals surface area contributed by atoms with Gasteiger partial charge in [0.1, 0.15) is 23.6 Å². The molecular weight excluding hydrogens is 261 g/mol. The minimum Gasteiger partial charge on any atom is -0.455 e. The number of ether oxygens (including phenoxy) is 1. The van der Waals surface area contributed by atoms with Crippen molar-refractivity contribution in [1.82, 2.24) is 9.55 Å². The number of benzene rings is 1. The van der Waals surface area contributed by atoms with Gasteiger partial charge in [-0.1, -0.05) is 12.1 Å². The van der Waals surface area contributed by atoms with E-state index in [1.807, 2.05) is 0 Å². The van der Waals surface area contributed by atoms with Gasteiger partial charge < -0.3 is 10.5 Å². The van der Waals surface area contributed by atoms with Crippen LogP contribution in [-0.2, 0) is 4.74 Å². The molecule has 0 radical (unpaired) electrons. The topological polar surface area (TPSA) is 70.1 Å². The first kappa shape index (κ1) is 14.0. The number of nitrogen functional groups attached to an aromatic ring is 1. The van der Waals surface area contributed by atoms with Crippen LogP contribution < -0.4 is 5.73 Å². The molecule has 0 saturated heterocycles. The summed E-state index contributed by atoms with van der Waals surface area (Å²) in [4.78, 5) is 15.9. The van der Waals surface area contributed by atoms with Gasteiger partial charge in [0.2, 0.25) is 0 Å². The molecule has 0 spiro atoms. The predicted octanol–water partition coefficient (Wildman–Crippen LogP) is 2.55. The second-order valence-electron chi connectivity index (χ2n) is 5.30. The van der Waals surface area contributed by atoms with E-state index in [0.717, 1.165) is 0 Å². The number of para-hydroxylation sites is 1. The van der Waals surface area contributed by atoms with Crippen LogP contribution in [0, 0.1) is 5.82 Å². The Morgan fingerprint density at radius 1 is 1.35 bits per heavy atom. The number of hydrogen-bond donors (Lipinski definition) is 1. The Bertz CT molecular complexity index is 644. The SMILES string of the molecule is CC(C)(C)OC(=O)c1ncn(-c2ccccc2F)c1N. The van der Waals surface area contributed by atoms with Crippen LogP contribution in [0.2, 0.25) is 0 Å². The molecule has 0 aliphatic rings. The molecule has 106 valence electrons. The fourth-order valence-electron chi connectivity index (χ4n) is 1.68. The van der Waals surface area contributed by atoms with Crippen molar-refractivity contribution in [2.24, 2.45) is 0 Å². The first-order chi connectivity index (χ1) is 9.29. The summed E-state index contributed by atoms with van der Waals surface area (Å²) in [6.07, 6.45) is 1.30. The van der Waals surface area contributed by atoms with E-state index in [0.29, 0.717) is 0 Å². The Balaban J connectivity index is 2.38. The van der Waals surface area contributed by atoms with Gasteiger partial charge in [0.05, 0.1) is 5.69 Å². The zero-order valence-electron chi connectivity index (χ0n) is 11.6. The first-order valence-corrected chi connectivity index (χ1v) is 6.10. The number of carbonyl (C=O) groups is 1. The Morgan fingerprint density at radius 3 is 2.60 bits per heavy atom. The number of imidazole rings is 1. The fraction of sp³-hybridized carbons (Fsp3) is 0.286. The highest BCUT2D eigenvalue weighted by Crippen LogP contribution is 2.21. The van der Waals surface area contributed by atoms with Gasteiger partial charge in [-0.2, -0.15) is 0 Å². The molecule has 20 heavy (non-hydrogen) atoms. The lowest BCUT2D eigenvalue weighted by Gasteiger charge is -2.18. The molecule has 0 fully saturated rings. The lowest BCUT2D eigenvalue weighted by atomic mass is 10.2. The number of anilines is 1. The molecule has 0 aliphatic heterocycles. The van der Waals surface area contributed by atoms with Gasteiger partial charge in [-0.15, -0.1) is 0 Å². The molecular formula is C14H16FN3O2. The van der Waals surface area contributed by atoms with Crippen molar-refractivity contribution >= 4 is 11.8 Å². The van der Waals surface area contributed by atoms with Gasteiger partial charge in [-0.05, 0) is 32.9 Å². The summed E-state index contributed by atoms with van der Waals surface area (Å²) in [7, 11) is 0. The molecule has 0 amide bonds. The average Bonchev–Trinajstić information content (AvgIpc) is 2.69. The Hall–Kier alpha value is -2.37. The van der Waals surface area contributed by atoms with Crippen molar-refractivity contribution in [2.45, 2.75) is 26.4 Å². The van der Waals surface area contributed by atoms with Crippen LogP contribution in [0.25, 0.3) is 5.69 Å². The van der Waals surface area contributed by atoms with Gasteiger partial charge in [-0.3, -0.25) is 4.57 Å². The van der Waals surface area contributed by atoms with E-state index in [1.165, 1.54) is 17.0 Å².